The van der Waals surface area contributed by atoms with Crippen LogP contribution >= 0.6 is 7.92 Å². The van der Waals surface area contributed by atoms with E-state index < -0.39 is 6.37 Å². The van der Waals surface area contributed by atoms with Crippen LogP contribution in [0.15, 0.2) is 36.4 Å². The Kier molecular flexibility index (Phi) is 2.26. The normalized spacial score (nSPS) is 57.6. The number of rotatable bonds is 15. The Hall–Kier alpha value is -0.624. The topological polar surface area (TPSA) is 0 Å². The molecule has 217 valence electrons. The molecule has 10 saturated heterocycles. The molecule has 4 unspecified atom stereocenters. The number of hydrogen-bond acceptors (Lipinski definition) is 0. The van der Waals surface area contributed by atoms with Crippen molar-refractivity contribution in [2.45, 2.75) is 153 Å². The van der Waals surface area contributed by atoms with Crippen molar-refractivity contribution < 1.29 is 6.37 Å². The number of hydrogen-bond donors (Lipinski definition) is 0. The van der Waals surface area contributed by atoms with Gasteiger partial charge in [0.05, 0.1) is 0 Å². The van der Waals surface area contributed by atoms with E-state index in [1.54, 1.807) is 11.1 Å². The maximum absolute atomic E-state index is 3.24. The second-order valence-electron chi connectivity index (χ2n) is 17.8. The van der Waals surface area contributed by atoms with Crippen LogP contribution in [-0.2, 0) is 32.1 Å². The summed E-state index contributed by atoms with van der Waals surface area (Å²) >= 11 is 0. The van der Waals surface area contributed by atoms with Crippen LogP contribution in [0.25, 0.3) is 0 Å². The molecule has 4 atom stereocenters. The van der Waals surface area contributed by atoms with E-state index in [9.17, 15) is 0 Å². The van der Waals surface area contributed by atoms with E-state index in [-0.39, 0.29) is 7.92 Å². The fraction of sp³-hybridized carbons (Fsp3) is 0.684. The van der Waals surface area contributed by atoms with Gasteiger partial charge in [-0.05, 0) is 0 Å². The first kappa shape index (κ1) is 22.9. The molecule has 0 saturated carbocycles. The van der Waals surface area contributed by atoms with Crippen molar-refractivity contribution in [3.05, 3.63) is 58.7 Å². The van der Waals surface area contributed by atoms with Crippen LogP contribution in [-0.4, -0.2) is 4.09 Å². The minimum atomic E-state index is -3.24. The molecule has 0 N–H and O–H groups in total. The van der Waals surface area contributed by atoms with Gasteiger partial charge in [0.1, 0.15) is 0 Å². The van der Waals surface area contributed by atoms with Crippen molar-refractivity contribution in [3.63, 3.8) is 0 Å². The summed E-state index contributed by atoms with van der Waals surface area (Å²) in [5, 5.41) is 3.91. The zero-order valence-corrected chi connectivity index (χ0v) is 27.4. The van der Waals surface area contributed by atoms with Gasteiger partial charge in [0, 0.05) is 0 Å². The first-order chi connectivity index (χ1) is 19.4. The monoisotopic (exact) mass is 597 g/mol. The summed E-state index contributed by atoms with van der Waals surface area (Å²) in [6, 6.07) is 15.7. The molecule has 2 aromatic rings. The first-order valence-corrected chi connectivity index (χ1v) is 24.8. The van der Waals surface area contributed by atoms with Crippen LogP contribution in [0, 0.1) is 0 Å². The molecule has 0 aliphatic carbocycles. The zero-order chi connectivity index (χ0) is 26.8. The number of benzene rings is 2. The molecule has 0 bridgehead atoms. The van der Waals surface area contributed by atoms with E-state index in [1.807, 2.05) is 21.7 Å². The van der Waals surface area contributed by atoms with Gasteiger partial charge in [-0.1, -0.05) is 0 Å². The van der Waals surface area contributed by atoms with Crippen molar-refractivity contribution in [1.29, 1.82) is 0 Å². The van der Waals surface area contributed by atoms with Crippen LogP contribution in [0.3, 0.4) is 0 Å². The molecular formula is C38H51CoP. The Morgan fingerprint density at radius 2 is 0.950 bits per heavy atom. The van der Waals surface area contributed by atoms with Crippen LogP contribution in [0.2, 0.25) is 43.7 Å². The molecule has 1 spiro atoms. The van der Waals surface area contributed by atoms with Gasteiger partial charge < -0.3 is 0 Å². The van der Waals surface area contributed by atoms with Gasteiger partial charge in [-0.15, -0.1) is 0 Å². The van der Waals surface area contributed by atoms with Gasteiger partial charge in [-0.25, -0.2) is 0 Å². The molecule has 12 rings (SSSR count). The summed E-state index contributed by atoms with van der Waals surface area (Å²) in [5.41, 5.74) is 7.25. The third-order valence-corrected chi connectivity index (χ3v) is 67.1. The predicted molar refractivity (Wildman–Crippen MR) is 170 cm³/mol. The first-order valence-electron chi connectivity index (χ1n) is 17.5. The van der Waals surface area contributed by atoms with Crippen molar-refractivity contribution in [3.8, 4) is 0 Å². The SMILES string of the molecule is CCCCc1cccc(P(c2cccc(CCCC)c2CCCC)[C]23[CH]4[CH]5[CH]6[CH]2[Co]56432789[CH]3[CH]2[CH]7[CH]8[CH]39)c1CCCC. The molecule has 0 aromatic heterocycles. The standard InChI is InChI=1S/C33H46P.C5H5.Co/c1-5-9-17-27-19-15-25-32(30(27)23-11-7-3)34(29-21-13-14-22-29)33-26-16-20-28(18-10-6-2)31(33)24-12-8-4;1-2-4-5-3-1;/h13-16,19-22,25-26H,5-12,17-18,23-24H2,1-4H3;1-5H;. The quantitative estimate of drug-likeness (QED) is 0.179. The Labute approximate surface area is 235 Å². The number of unbranched alkanes of at least 4 members (excludes halogenated alkanes) is 4. The number of aryl methyl sites for hydroxylation is 2. The van der Waals surface area contributed by atoms with Crippen molar-refractivity contribution in [1.82, 2.24) is 0 Å². The minimum absolute atomic E-state index is 0.208. The molecule has 0 amide bonds. The second-order valence-corrected chi connectivity index (χ2v) is 42.7. The zero-order valence-electron chi connectivity index (χ0n) is 25.4. The van der Waals surface area contributed by atoms with Crippen LogP contribution in [0.1, 0.15) is 101 Å². The van der Waals surface area contributed by atoms with E-state index in [4.69, 9.17) is 0 Å². The van der Waals surface area contributed by atoms with E-state index in [2.05, 4.69) is 64.1 Å². The third-order valence-electron chi connectivity index (χ3n) is 20.3. The van der Waals surface area contributed by atoms with E-state index in [0.717, 1.165) is 4.09 Å². The molecule has 0 radical (unpaired) electrons. The summed E-state index contributed by atoms with van der Waals surface area (Å²) < 4.78 is 0.927. The Morgan fingerprint density at radius 3 is 1.27 bits per heavy atom. The van der Waals surface area contributed by atoms with Gasteiger partial charge in [0.2, 0.25) is 0 Å². The predicted octanol–water partition coefficient (Wildman–Crippen LogP) is 10.8. The van der Waals surface area contributed by atoms with Crippen molar-refractivity contribution in [2.75, 3.05) is 0 Å². The summed E-state index contributed by atoms with van der Waals surface area (Å²) in [6.45, 7) is 9.61. The average Bonchev–Trinajstić information content (AvgIpc) is 3.92. The van der Waals surface area contributed by atoms with Crippen LogP contribution < -0.4 is 10.6 Å². The molecule has 10 fully saturated rings. The fourth-order valence-electron chi connectivity index (χ4n) is 20.3. The molecule has 2 heteroatoms. The summed E-state index contributed by atoms with van der Waals surface area (Å²) in [6.07, 6.45) is 12.8. The third kappa shape index (κ3) is 0.677. The van der Waals surface area contributed by atoms with E-state index in [1.165, 1.54) is 121 Å². The van der Waals surface area contributed by atoms with Crippen LogP contribution in [0.4, 0.5) is 0 Å². The summed E-state index contributed by atoms with van der Waals surface area (Å²) in [7, 11) is -0.208. The fourth-order valence-corrected chi connectivity index (χ4v) is 103. The van der Waals surface area contributed by atoms with Gasteiger partial charge >= 0.3 is 236 Å². The van der Waals surface area contributed by atoms with Crippen molar-refractivity contribution in [2.24, 2.45) is 0 Å². The van der Waals surface area contributed by atoms with Gasteiger partial charge in [0.25, 0.3) is 0 Å². The Morgan fingerprint density at radius 1 is 0.550 bits per heavy atom. The second kappa shape index (κ2) is 3.96. The molecule has 10 heterocycles. The molecule has 0 nitrogen and oxygen atoms in total. The average molecular weight is 598 g/mol. The molecule has 2 aromatic carbocycles. The number of fused-ring (bicyclic) bond motifs is 10. The molecular weight excluding hydrogens is 546 g/mol. The van der Waals surface area contributed by atoms with Gasteiger partial charge in [-0.2, -0.15) is 0 Å². The molecule has 40 heavy (non-hydrogen) atoms. The molecule has 10 aliphatic heterocycles. The Balaban J connectivity index is 1.11. The van der Waals surface area contributed by atoms with Crippen LogP contribution in [0.5, 0.6) is 0 Å². The summed E-state index contributed by atoms with van der Waals surface area (Å²) in [4.78, 5) is 12.6. The van der Waals surface area contributed by atoms with Gasteiger partial charge in [0.15, 0.2) is 0 Å². The molecule has 10 aliphatic rings. The maximum atomic E-state index is 2.75. The Bertz CT molecular complexity index is 1720. The van der Waals surface area contributed by atoms with E-state index in [0.29, 0.717) is 0 Å². The van der Waals surface area contributed by atoms with Crippen molar-refractivity contribution >= 4 is 18.5 Å². The van der Waals surface area contributed by atoms with E-state index >= 15 is 0 Å². The summed E-state index contributed by atoms with van der Waals surface area (Å²) in [5.74, 6) is 0. The van der Waals surface area contributed by atoms with Gasteiger partial charge in [-0.3, -0.25) is 0 Å².